The van der Waals surface area contributed by atoms with Crippen LogP contribution in [-0.2, 0) is 0 Å². The van der Waals surface area contributed by atoms with E-state index < -0.39 is 5.97 Å². The summed E-state index contributed by atoms with van der Waals surface area (Å²) in [6.07, 6.45) is 1.21. The third kappa shape index (κ3) is 1.35. The number of carboxylic acid groups (broad SMARTS) is 1. The van der Waals surface area contributed by atoms with E-state index in [1.54, 1.807) is 6.07 Å². The van der Waals surface area contributed by atoms with Crippen molar-refractivity contribution in [2.24, 2.45) is 0 Å². The summed E-state index contributed by atoms with van der Waals surface area (Å²) in [5, 5.41) is 17.7. The van der Waals surface area contributed by atoms with Gasteiger partial charge < -0.3 is 10.2 Å². The number of carboxylic acids is 1. The van der Waals surface area contributed by atoms with E-state index in [9.17, 15) is 4.79 Å². The highest BCUT2D eigenvalue weighted by Crippen LogP contribution is 2.14. The molecule has 0 radical (unpaired) electrons. The lowest BCUT2D eigenvalue weighted by molar-refractivity contribution is 0.0697. The highest BCUT2D eigenvalue weighted by atomic mass is 16.4. The second-order valence-electron chi connectivity index (χ2n) is 2.74. The fourth-order valence-corrected chi connectivity index (χ4v) is 1.13. The number of hydrogen-bond donors (Lipinski definition) is 2. The van der Waals surface area contributed by atoms with Gasteiger partial charge >= 0.3 is 5.97 Å². The normalized spacial score (nSPS) is 10.3. The van der Waals surface area contributed by atoms with E-state index in [1.165, 1.54) is 18.3 Å². The number of rotatable bonds is 1. The average Bonchev–Trinajstić information content (AvgIpc) is 2.16. The van der Waals surface area contributed by atoms with Crippen LogP contribution in [0.25, 0.3) is 11.0 Å². The van der Waals surface area contributed by atoms with Gasteiger partial charge in [0.05, 0.1) is 22.8 Å². The number of aromatic hydroxyl groups is 1. The molecule has 0 atom stereocenters. The molecular weight excluding hydrogens is 184 g/mol. The first-order valence-corrected chi connectivity index (χ1v) is 3.86. The van der Waals surface area contributed by atoms with Crippen molar-refractivity contribution in [1.29, 1.82) is 0 Å². The highest BCUT2D eigenvalue weighted by molar-refractivity contribution is 5.92. The van der Waals surface area contributed by atoms with Crippen LogP contribution >= 0.6 is 0 Å². The fraction of sp³-hybridized carbons (Fsp3) is 0. The maximum atomic E-state index is 10.6. The van der Waals surface area contributed by atoms with Crippen LogP contribution in [0.1, 0.15) is 10.4 Å². The molecule has 0 bridgehead atoms. The number of carbonyl (C=O) groups is 1. The summed E-state index contributed by atoms with van der Waals surface area (Å²) in [5.74, 6) is -1.25. The third-order valence-corrected chi connectivity index (χ3v) is 1.78. The van der Waals surface area contributed by atoms with Crippen molar-refractivity contribution in [3.63, 3.8) is 0 Å². The predicted molar refractivity (Wildman–Crippen MR) is 48.2 cm³/mol. The highest BCUT2D eigenvalue weighted by Gasteiger charge is 2.05. The Balaban J connectivity index is 2.69. The number of hydrogen-bond acceptors (Lipinski definition) is 4. The van der Waals surface area contributed by atoms with Crippen molar-refractivity contribution >= 4 is 17.0 Å². The molecule has 0 fully saturated rings. The van der Waals surface area contributed by atoms with Gasteiger partial charge in [0, 0.05) is 0 Å². The molecule has 0 aliphatic carbocycles. The van der Waals surface area contributed by atoms with Crippen molar-refractivity contribution in [3.8, 4) is 5.88 Å². The van der Waals surface area contributed by atoms with Crippen LogP contribution in [0.5, 0.6) is 5.88 Å². The smallest absolute Gasteiger partial charge is 0.335 e. The van der Waals surface area contributed by atoms with Crippen molar-refractivity contribution < 1.29 is 15.0 Å². The average molecular weight is 190 g/mol. The van der Waals surface area contributed by atoms with Gasteiger partial charge in [-0.3, -0.25) is 0 Å². The molecule has 0 saturated heterocycles. The van der Waals surface area contributed by atoms with E-state index in [-0.39, 0.29) is 11.4 Å². The third-order valence-electron chi connectivity index (χ3n) is 1.78. The van der Waals surface area contributed by atoms with Gasteiger partial charge in [0.25, 0.3) is 0 Å². The van der Waals surface area contributed by atoms with Crippen LogP contribution in [0.15, 0.2) is 24.4 Å². The summed E-state index contributed by atoms with van der Waals surface area (Å²) in [4.78, 5) is 18.2. The van der Waals surface area contributed by atoms with E-state index in [4.69, 9.17) is 10.2 Å². The number of fused-ring (bicyclic) bond motifs is 1. The van der Waals surface area contributed by atoms with Gasteiger partial charge in [-0.2, -0.15) is 0 Å². The van der Waals surface area contributed by atoms with Crippen LogP contribution in [0.4, 0.5) is 0 Å². The minimum absolute atomic E-state index is 0.123. The van der Waals surface area contributed by atoms with E-state index in [1.807, 2.05) is 0 Å². The summed E-state index contributed by atoms with van der Waals surface area (Å²) < 4.78 is 0. The molecule has 1 aromatic heterocycles. The fourth-order valence-electron chi connectivity index (χ4n) is 1.13. The lowest BCUT2D eigenvalue weighted by atomic mass is 10.2. The Bertz CT molecular complexity index is 510. The van der Waals surface area contributed by atoms with Crippen molar-refractivity contribution in [1.82, 2.24) is 9.97 Å². The van der Waals surface area contributed by atoms with Crippen molar-refractivity contribution in [2.45, 2.75) is 0 Å². The zero-order chi connectivity index (χ0) is 10.1. The Kier molecular flexibility index (Phi) is 1.78. The first kappa shape index (κ1) is 8.43. The molecule has 1 heterocycles. The first-order valence-electron chi connectivity index (χ1n) is 3.86. The Morgan fingerprint density at radius 3 is 2.79 bits per heavy atom. The van der Waals surface area contributed by atoms with Crippen LogP contribution in [0.2, 0.25) is 0 Å². The minimum atomic E-state index is -1.03. The molecule has 5 heteroatoms. The molecule has 0 aliphatic rings. The summed E-state index contributed by atoms with van der Waals surface area (Å²) in [6.45, 7) is 0. The molecular formula is C9H6N2O3. The summed E-state index contributed by atoms with van der Waals surface area (Å²) in [7, 11) is 0. The molecule has 2 N–H and O–H groups in total. The summed E-state index contributed by atoms with van der Waals surface area (Å²) in [6, 6.07) is 4.35. The molecule has 0 aliphatic heterocycles. The monoisotopic (exact) mass is 190 g/mol. The summed E-state index contributed by atoms with van der Waals surface area (Å²) >= 11 is 0. The molecule has 0 spiro atoms. The van der Waals surface area contributed by atoms with Gasteiger partial charge in [0.1, 0.15) is 0 Å². The van der Waals surface area contributed by atoms with Gasteiger partial charge in [0.2, 0.25) is 5.88 Å². The van der Waals surface area contributed by atoms with Crippen LogP contribution in [0, 0.1) is 0 Å². The minimum Gasteiger partial charge on any atom is -0.492 e. The van der Waals surface area contributed by atoms with Gasteiger partial charge in [0.15, 0.2) is 0 Å². The zero-order valence-electron chi connectivity index (χ0n) is 7.01. The van der Waals surface area contributed by atoms with E-state index in [2.05, 4.69) is 9.97 Å². The Labute approximate surface area is 78.7 Å². The molecule has 0 unspecified atom stereocenters. The SMILES string of the molecule is O=C(O)c1ccc2ncc(O)nc2c1. The maximum Gasteiger partial charge on any atom is 0.335 e. The molecule has 2 rings (SSSR count). The number of aromatic nitrogens is 2. The Hall–Kier alpha value is -2.17. The summed E-state index contributed by atoms with van der Waals surface area (Å²) in [5.41, 5.74) is 1.04. The number of benzene rings is 1. The lowest BCUT2D eigenvalue weighted by Gasteiger charge is -1.98. The number of aromatic carboxylic acids is 1. The van der Waals surface area contributed by atoms with Crippen LogP contribution in [0.3, 0.4) is 0 Å². The second-order valence-corrected chi connectivity index (χ2v) is 2.74. The maximum absolute atomic E-state index is 10.6. The van der Waals surface area contributed by atoms with Gasteiger partial charge in [-0.1, -0.05) is 0 Å². The molecule has 2 aromatic rings. The largest absolute Gasteiger partial charge is 0.492 e. The van der Waals surface area contributed by atoms with Gasteiger partial charge in [-0.15, -0.1) is 0 Å². The van der Waals surface area contributed by atoms with Crippen molar-refractivity contribution in [3.05, 3.63) is 30.0 Å². The molecule has 70 valence electrons. The van der Waals surface area contributed by atoms with Crippen molar-refractivity contribution in [2.75, 3.05) is 0 Å². The molecule has 5 nitrogen and oxygen atoms in total. The molecule has 14 heavy (non-hydrogen) atoms. The van der Waals surface area contributed by atoms with Crippen LogP contribution < -0.4 is 0 Å². The molecule has 0 saturated carbocycles. The van der Waals surface area contributed by atoms with E-state index in [0.717, 1.165) is 0 Å². The number of nitrogens with zero attached hydrogens (tertiary/aromatic N) is 2. The molecule has 1 aromatic carbocycles. The topological polar surface area (TPSA) is 83.3 Å². The van der Waals surface area contributed by atoms with E-state index >= 15 is 0 Å². The quantitative estimate of drug-likeness (QED) is 0.701. The zero-order valence-corrected chi connectivity index (χ0v) is 7.01. The first-order chi connectivity index (χ1) is 6.66. The second kappa shape index (κ2) is 2.95. The van der Waals surface area contributed by atoms with Gasteiger partial charge in [-0.05, 0) is 18.2 Å². The van der Waals surface area contributed by atoms with E-state index in [0.29, 0.717) is 11.0 Å². The predicted octanol–water partition coefficient (Wildman–Crippen LogP) is 1.03. The Morgan fingerprint density at radius 1 is 1.29 bits per heavy atom. The Morgan fingerprint density at radius 2 is 2.07 bits per heavy atom. The molecule has 0 amide bonds. The van der Waals surface area contributed by atoms with Gasteiger partial charge in [-0.25, -0.2) is 14.8 Å². The standard InChI is InChI=1S/C9H6N2O3/c12-8-4-10-6-2-1-5(9(13)14)3-7(6)11-8/h1-4H,(H,11,12)(H,13,14). The lowest BCUT2D eigenvalue weighted by Crippen LogP contribution is -1.96. The van der Waals surface area contributed by atoms with Crippen LogP contribution in [-0.4, -0.2) is 26.2 Å².